The molecule has 2 rings (SSSR count). The molecule has 0 aliphatic rings. The summed E-state index contributed by atoms with van der Waals surface area (Å²) in [6.45, 7) is 0. The van der Waals surface area contributed by atoms with E-state index in [9.17, 15) is 9.18 Å². The third-order valence-electron chi connectivity index (χ3n) is 2.91. The lowest BCUT2D eigenvalue weighted by Gasteiger charge is -2.07. The number of halogens is 1. The van der Waals surface area contributed by atoms with Crippen molar-refractivity contribution in [3.8, 4) is 17.2 Å². The number of hydrogen-bond acceptors (Lipinski definition) is 3. The summed E-state index contributed by atoms with van der Waals surface area (Å²) in [4.78, 5) is 11.5. The minimum Gasteiger partial charge on any atom is -0.465 e. The highest BCUT2D eigenvalue weighted by Crippen LogP contribution is 2.25. The SMILES string of the molecule is COC(=O)c1cccc(-c2cc(CC#N)ccc2F)c1. The van der Waals surface area contributed by atoms with Crippen LogP contribution in [0.1, 0.15) is 15.9 Å². The van der Waals surface area contributed by atoms with Crippen LogP contribution in [0.2, 0.25) is 0 Å². The Morgan fingerprint density at radius 2 is 2.10 bits per heavy atom. The van der Waals surface area contributed by atoms with Gasteiger partial charge in [-0.3, -0.25) is 0 Å². The number of hydrogen-bond donors (Lipinski definition) is 0. The summed E-state index contributed by atoms with van der Waals surface area (Å²) in [5.74, 6) is -0.867. The van der Waals surface area contributed by atoms with Crippen LogP contribution in [-0.4, -0.2) is 13.1 Å². The Balaban J connectivity index is 2.48. The molecule has 0 aliphatic heterocycles. The van der Waals surface area contributed by atoms with E-state index in [1.54, 1.807) is 36.4 Å². The highest BCUT2D eigenvalue weighted by Gasteiger charge is 2.10. The van der Waals surface area contributed by atoms with Crippen molar-refractivity contribution >= 4 is 5.97 Å². The molecule has 4 heteroatoms. The van der Waals surface area contributed by atoms with Crippen LogP contribution in [0.15, 0.2) is 42.5 Å². The van der Waals surface area contributed by atoms with Gasteiger partial charge in [-0.15, -0.1) is 0 Å². The average Bonchev–Trinajstić information content (AvgIpc) is 2.49. The van der Waals surface area contributed by atoms with Gasteiger partial charge in [-0.1, -0.05) is 18.2 Å². The molecule has 0 amide bonds. The monoisotopic (exact) mass is 269 g/mol. The van der Waals surface area contributed by atoms with Crippen molar-refractivity contribution in [1.82, 2.24) is 0 Å². The number of rotatable bonds is 3. The van der Waals surface area contributed by atoms with Crippen LogP contribution in [0.3, 0.4) is 0 Å². The Bertz CT molecular complexity index is 689. The smallest absolute Gasteiger partial charge is 0.337 e. The van der Waals surface area contributed by atoms with Gasteiger partial charge in [0, 0.05) is 5.56 Å². The van der Waals surface area contributed by atoms with Gasteiger partial charge in [0.2, 0.25) is 0 Å². The number of carbonyl (C=O) groups is 1. The largest absolute Gasteiger partial charge is 0.465 e. The maximum atomic E-state index is 13.9. The molecular weight excluding hydrogens is 257 g/mol. The molecule has 100 valence electrons. The van der Waals surface area contributed by atoms with E-state index >= 15 is 0 Å². The summed E-state index contributed by atoms with van der Waals surface area (Å²) in [7, 11) is 1.29. The summed E-state index contributed by atoms with van der Waals surface area (Å²) < 4.78 is 18.6. The first-order valence-electron chi connectivity index (χ1n) is 6.00. The van der Waals surface area contributed by atoms with Crippen molar-refractivity contribution in [2.24, 2.45) is 0 Å². The number of methoxy groups -OCH3 is 1. The summed E-state index contributed by atoms with van der Waals surface area (Å²) in [5, 5.41) is 8.69. The normalized spacial score (nSPS) is 9.85. The van der Waals surface area contributed by atoms with Gasteiger partial charge in [0.05, 0.1) is 25.2 Å². The lowest BCUT2D eigenvalue weighted by Crippen LogP contribution is -2.01. The molecule has 0 unspecified atom stereocenters. The number of benzene rings is 2. The van der Waals surface area contributed by atoms with Gasteiger partial charge in [-0.05, 0) is 35.4 Å². The van der Waals surface area contributed by atoms with Crippen molar-refractivity contribution in [1.29, 1.82) is 5.26 Å². The van der Waals surface area contributed by atoms with E-state index in [0.29, 0.717) is 16.7 Å². The average molecular weight is 269 g/mol. The summed E-state index contributed by atoms with van der Waals surface area (Å²) in [6, 6.07) is 13.1. The van der Waals surface area contributed by atoms with Crippen LogP contribution in [0.25, 0.3) is 11.1 Å². The highest BCUT2D eigenvalue weighted by atomic mass is 19.1. The summed E-state index contributed by atoms with van der Waals surface area (Å²) in [6.07, 6.45) is 0.212. The second-order valence-electron chi connectivity index (χ2n) is 4.22. The molecule has 0 N–H and O–H groups in total. The Labute approximate surface area is 116 Å². The molecule has 2 aromatic carbocycles. The number of ether oxygens (including phenoxy) is 1. The standard InChI is InChI=1S/C16H12FNO2/c1-20-16(19)13-4-2-3-12(10-13)14-9-11(7-8-18)5-6-15(14)17/h2-6,9-10H,7H2,1H3. The van der Waals surface area contributed by atoms with Crippen molar-refractivity contribution in [3.05, 3.63) is 59.4 Å². The molecule has 20 heavy (non-hydrogen) atoms. The maximum Gasteiger partial charge on any atom is 0.337 e. The molecule has 0 fully saturated rings. The second kappa shape index (κ2) is 5.98. The van der Waals surface area contributed by atoms with Gasteiger partial charge in [-0.2, -0.15) is 5.26 Å². The van der Waals surface area contributed by atoms with E-state index in [0.717, 1.165) is 5.56 Å². The van der Waals surface area contributed by atoms with Crippen molar-refractivity contribution in [3.63, 3.8) is 0 Å². The first kappa shape index (κ1) is 13.8. The zero-order valence-electron chi connectivity index (χ0n) is 10.9. The van der Waals surface area contributed by atoms with E-state index < -0.39 is 11.8 Å². The van der Waals surface area contributed by atoms with Gasteiger partial charge in [0.1, 0.15) is 5.82 Å². The lowest BCUT2D eigenvalue weighted by atomic mass is 9.99. The summed E-state index contributed by atoms with van der Waals surface area (Å²) >= 11 is 0. The van der Waals surface area contributed by atoms with Crippen molar-refractivity contribution < 1.29 is 13.9 Å². The number of nitriles is 1. The quantitative estimate of drug-likeness (QED) is 0.803. The molecule has 3 nitrogen and oxygen atoms in total. The Kier molecular flexibility index (Phi) is 4.11. The molecule has 2 aromatic rings. The molecule has 0 saturated carbocycles. The molecule has 0 aromatic heterocycles. The number of nitrogens with zero attached hydrogens (tertiary/aromatic N) is 1. The van der Waals surface area contributed by atoms with Gasteiger partial charge < -0.3 is 4.74 Å². The zero-order chi connectivity index (χ0) is 14.5. The predicted molar refractivity (Wildman–Crippen MR) is 72.5 cm³/mol. The van der Waals surface area contributed by atoms with Crippen molar-refractivity contribution in [2.75, 3.05) is 7.11 Å². The van der Waals surface area contributed by atoms with E-state index in [4.69, 9.17) is 5.26 Å². The second-order valence-corrected chi connectivity index (χ2v) is 4.22. The first-order chi connectivity index (χ1) is 9.65. The van der Waals surface area contributed by atoms with Crippen LogP contribution < -0.4 is 0 Å². The molecular formula is C16H12FNO2. The molecule has 0 spiro atoms. The Hall–Kier alpha value is -2.67. The van der Waals surface area contributed by atoms with Crippen LogP contribution in [0, 0.1) is 17.1 Å². The van der Waals surface area contributed by atoms with Crippen LogP contribution in [-0.2, 0) is 11.2 Å². The van der Waals surface area contributed by atoms with Gasteiger partial charge in [0.25, 0.3) is 0 Å². The van der Waals surface area contributed by atoms with Crippen LogP contribution in [0.5, 0.6) is 0 Å². The lowest BCUT2D eigenvalue weighted by molar-refractivity contribution is 0.0601. The molecule has 0 heterocycles. The van der Waals surface area contributed by atoms with E-state index in [1.807, 2.05) is 6.07 Å². The van der Waals surface area contributed by atoms with Crippen molar-refractivity contribution in [2.45, 2.75) is 6.42 Å². The van der Waals surface area contributed by atoms with Crippen LogP contribution >= 0.6 is 0 Å². The third-order valence-corrected chi connectivity index (χ3v) is 2.91. The molecule has 0 saturated heterocycles. The minimum absolute atomic E-state index is 0.212. The van der Waals surface area contributed by atoms with E-state index in [1.165, 1.54) is 13.2 Å². The van der Waals surface area contributed by atoms with Gasteiger partial charge >= 0.3 is 5.97 Å². The zero-order valence-corrected chi connectivity index (χ0v) is 10.9. The molecule has 0 bridgehead atoms. The maximum absolute atomic E-state index is 13.9. The Morgan fingerprint density at radius 1 is 1.30 bits per heavy atom. The Morgan fingerprint density at radius 3 is 2.80 bits per heavy atom. The summed E-state index contributed by atoms with van der Waals surface area (Å²) in [5.41, 5.74) is 2.02. The fourth-order valence-electron chi connectivity index (χ4n) is 1.93. The first-order valence-corrected chi connectivity index (χ1v) is 6.00. The fourth-order valence-corrected chi connectivity index (χ4v) is 1.93. The predicted octanol–water partition coefficient (Wildman–Crippen LogP) is 3.35. The minimum atomic E-state index is -0.472. The van der Waals surface area contributed by atoms with Crippen LogP contribution in [0.4, 0.5) is 4.39 Å². The fraction of sp³-hybridized carbons (Fsp3) is 0.125. The molecule has 0 radical (unpaired) electrons. The van der Waals surface area contributed by atoms with Gasteiger partial charge in [0.15, 0.2) is 0 Å². The highest BCUT2D eigenvalue weighted by molar-refractivity contribution is 5.91. The molecule has 0 aliphatic carbocycles. The molecule has 0 atom stereocenters. The van der Waals surface area contributed by atoms with Gasteiger partial charge in [-0.25, -0.2) is 9.18 Å². The number of carbonyl (C=O) groups excluding carboxylic acids is 1. The topological polar surface area (TPSA) is 50.1 Å². The van der Waals surface area contributed by atoms with E-state index in [2.05, 4.69) is 4.74 Å². The third kappa shape index (κ3) is 2.83. The number of esters is 1. The van der Waals surface area contributed by atoms with E-state index in [-0.39, 0.29) is 6.42 Å².